The molecular weight excluding hydrogens is 178 g/mol. The number of morpholine rings is 1. The van der Waals surface area contributed by atoms with Crippen molar-refractivity contribution < 1.29 is 9.84 Å². The van der Waals surface area contributed by atoms with Crippen LogP contribution in [-0.4, -0.2) is 48.0 Å². The lowest BCUT2D eigenvalue weighted by Crippen LogP contribution is -2.54. The van der Waals surface area contributed by atoms with Crippen LogP contribution in [0.25, 0.3) is 0 Å². The lowest BCUT2D eigenvalue weighted by atomic mass is 10.0. The highest BCUT2D eigenvalue weighted by Crippen LogP contribution is 2.21. The van der Waals surface area contributed by atoms with Crippen molar-refractivity contribution in [3.8, 4) is 0 Å². The summed E-state index contributed by atoms with van der Waals surface area (Å²) in [5.74, 6) is 0. The minimum absolute atomic E-state index is 0.0573. The van der Waals surface area contributed by atoms with Gasteiger partial charge in [-0.2, -0.15) is 0 Å². The predicted molar refractivity (Wildman–Crippen MR) is 57.3 cm³/mol. The highest BCUT2D eigenvalue weighted by molar-refractivity contribution is 4.95. The van der Waals surface area contributed by atoms with E-state index in [1.165, 1.54) is 0 Å². The zero-order chi connectivity index (χ0) is 10.8. The molecule has 1 N–H and O–H groups in total. The Labute approximate surface area is 86.4 Å². The van der Waals surface area contributed by atoms with E-state index in [0.29, 0.717) is 0 Å². The van der Waals surface area contributed by atoms with Gasteiger partial charge >= 0.3 is 0 Å². The summed E-state index contributed by atoms with van der Waals surface area (Å²) < 4.78 is 5.71. The molecule has 1 aliphatic heterocycles. The third-order valence-corrected chi connectivity index (χ3v) is 2.25. The number of hydrogen-bond acceptors (Lipinski definition) is 3. The molecule has 1 fully saturated rings. The first-order valence-electron chi connectivity index (χ1n) is 5.08. The fourth-order valence-electron chi connectivity index (χ4n) is 2.01. The average molecular weight is 199 g/mol. The number of aliphatic hydroxyl groups excluding tert-OH is 1. The zero-order valence-corrected chi connectivity index (χ0v) is 9.42. The SMILES string of the molecule is C=C(C)CN1CC(CO)OC(C)(C)C1. The highest BCUT2D eigenvalue weighted by atomic mass is 16.5. The van der Waals surface area contributed by atoms with E-state index in [-0.39, 0.29) is 18.3 Å². The molecule has 0 aliphatic carbocycles. The van der Waals surface area contributed by atoms with Gasteiger partial charge in [0.25, 0.3) is 0 Å². The Balaban J connectivity index is 2.56. The molecule has 3 heteroatoms. The van der Waals surface area contributed by atoms with Gasteiger partial charge in [-0.1, -0.05) is 12.2 Å². The Hall–Kier alpha value is -0.380. The smallest absolute Gasteiger partial charge is 0.0940 e. The minimum Gasteiger partial charge on any atom is -0.394 e. The lowest BCUT2D eigenvalue weighted by molar-refractivity contribution is -0.147. The summed E-state index contributed by atoms with van der Waals surface area (Å²) in [6.07, 6.45) is -0.0573. The van der Waals surface area contributed by atoms with Gasteiger partial charge in [0.2, 0.25) is 0 Å². The summed E-state index contributed by atoms with van der Waals surface area (Å²) >= 11 is 0. The second kappa shape index (κ2) is 4.43. The van der Waals surface area contributed by atoms with Crippen molar-refractivity contribution in [2.24, 2.45) is 0 Å². The van der Waals surface area contributed by atoms with E-state index in [2.05, 4.69) is 25.3 Å². The average Bonchev–Trinajstić information content (AvgIpc) is 1.99. The molecule has 1 rings (SSSR count). The van der Waals surface area contributed by atoms with Crippen molar-refractivity contribution in [2.45, 2.75) is 32.5 Å². The van der Waals surface area contributed by atoms with E-state index < -0.39 is 0 Å². The Morgan fingerprint density at radius 2 is 2.29 bits per heavy atom. The van der Waals surface area contributed by atoms with E-state index >= 15 is 0 Å². The Kier molecular flexibility index (Phi) is 3.70. The standard InChI is InChI=1S/C11H21NO2/c1-9(2)5-12-6-10(7-13)14-11(3,4)8-12/h10,13H,1,5-8H2,2-4H3. The number of ether oxygens (including phenoxy) is 1. The quantitative estimate of drug-likeness (QED) is 0.689. The molecule has 1 heterocycles. The van der Waals surface area contributed by atoms with Crippen LogP contribution in [0.5, 0.6) is 0 Å². The third-order valence-electron chi connectivity index (χ3n) is 2.25. The van der Waals surface area contributed by atoms with E-state index in [9.17, 15) is 0 Å². The molecule has 1 unspecified atom stereocenters. The number of nitrogens with zero attached hydrogens (tertiary/aromatic N) is 1. The summed E-state index contributed by atoms with van der Waals surface area (Å²) in [4.78, 5) is 2.28. The molecule has 0 amide bonds. The molecule has 0 bridgehead atoms. The van der Waals surface area contributed by atoms with Crippen molar-refractivity contribution >= 4 is 0 Å². The van der Waals surface area contributed by atoms with Gasteiger partial charge in [-0.25, -0.2) is 0 Å². The van der Waals surface area contributed by atoms with Crippen LogP contribution in [0.15, 0.2) is 12.2 Å². The molecule has 82 valence electrons. The van der Waals surface area contributed by atoms with E-state index in [0.717, 1.165) is 25.2 Å². The van der Waals surface area contributed by atoms with Gasteiger partial charge in [-0.05, 0) is 20.8 Å². The summed E-state index contributed by atoms with van der Waals surface area (Å²) in [6.45, 7) is 12.7. The van der Waals surface area contributed by atoms with E-state index in [4.69, 9.17) is 9.84 Å². The second-order valence-corrected chi connectivity index (χ2v) is 4.81. The Morgan fingerprint density at radius 3 is 2.79 bits per heavy atom. The van der Waals surface area contributed by atoms with Gasteiger partial charge in [0.1, 0.15) is 0 Å². The van der Waals surface area contributed by atoms with Gasteiger partial charge in [0, 0.05) is 19.6 Å². The van der Waals surface area contributed by atoms with Gasteiger partial charge in [-0.15, -0.1) is 0 Å². The summed E-state index contributed by atoms with van der Waals surface area (Å²) in [5, 5.41) is 9.10. The maximum Gasteiger partial charge on any atom is 0.0940 e. The van der Waals surface area contributed by atoms with Crippen LogP contribution >= 0.6 is 0 Å². The van der Waals surface area contributed by atoms with Crippen molar-refractivity contribution in [3.05, 3.63) is 12.2 Å². The van der Waals surface area contributed by atoms with Crippen molar-refractivity contribution in [1.29, 1.82) is 0 Å². The first-order valence-corrected chi connectivity index (χ1v) is 5.08. The third kappa shape index (κ3) is 3.40. The van der Waals surface area contributed by atoms with E-state index in [1.807, 2.05) is 6.92 Å². The molecular formula is C11H21NO2. The monoisotopic (exact) mass is 199 g/mol. The first-order chi connectivity index (χ1) is 6.43. The first kappa shape index (κ1) is 11.7. The molecule has 1 atom stereocenters. The molecule has 14 heavy (non-hydrogen) atoms. The van der Waals surface area contributed by atoms with Crippen LogP contribution in [0.3, 0.4) is 0 Å². The van der Waals surface area contributed by atoms with Crippen LogP contribution in [0.4, 0.5) is 0 Å². The van der Waals surface area contributed by atoms with Gasteiger partial charge in [-0.3, -0.25) is 4.90 Å². The minimum atomic E-state index is -0.166. The summed E-state index contributed by atoms with van der Waals surface area (Å²) in [6, 6.07) is 0. The molecule has 0 spiro atoms. The molecule has 3 nitrogen and oxygen atoms in total. The number of rotatable bonds is 3. The second-order valence-electron chi connectivity index (χ2n) is 4.81. The molecule has 1 aliphatic rings. The van der Waals surface area contributed by atoms with E-state index in [1.54, 1.807) is 0 Å². The van der Waals surface area contributed by atoms with Crippen LogP contribution in [-0.2, 0) is 4.74 Å². The van der Waals surface area contributed by atoms with Crippen molar-refractivity contribution in [1.82, 2.24) is 4.90 Å². The molecule has 1 saturated heterocycles. The normalized spacial score (nSPS) is 27.6. The Bertz CT molecular complexity index is 213. The fourth-order valence-corrected chi connectivity index (χ4v) is 2.01. The fraction of sp³-hybridized carbons (Fsp3) is 0.818. The lowest BCUT2D eigenvalue weighted by Gasteiger charge is -2.42. The highest BCUT2D eigenvalue weighted by Gasteiger charge is 2.32. The molecule has 0 aromatic heterocycles. The number of hydrogen-bond donors (Lipinski definition) is 1. The topological polar surface area (TPSA) is 32.7 Å². The van der Waals surface area contributed by atoms with Crippen LogP contribution in [0.2, 0.25) is 0 Å². The summed E-state index contributed by atoms with van der Waals surface area (Å²) in [7, 11) is 0. The van der Waals surface area contributed by atoms with Gasteiger partial charge in [0.05, 0.1) is 18.3 Å². The molecule has 0 radical (unpaired) electrons. The van der Waals surface area contributed by atoms with Crippen LogP contribution in [0.1, 0.15) is 20.8 Å². The molecule has 0 saturated carbocycles. The van der Waals surface area contributed by atoms with Gasteiger partial charge < -0.3 is 9.84 Å². The molecule has 0 aromatic carbocycles. The molecule has 0 aromatic rings. The van der Waals surface area contributed by atoms with Crippen LogP contribution < -0.4 is 0 Å². The Morgan fingerprint density at radius 1 is 1.64 bits per heavy atom. The van der Waals surface area contributed by atoms with Gasteiger partial charge in [0.15, 0.2) is 0 Å². The van der Waals surface area contributed by atoms with Crippen molar-refractivity contribution in [3.63, 3.8) is 0 Å². The maximum absolute atomic E-state index is 9.10. The largest absolute Gasteiger partial charge is 0.394 e. The number of aliphatic hydroxyl groups is 1. The predicted octanol–water partition coefficient (Wildman–Crippen LogP) is 1.03. The van der Waals surface area contributed by atoms with Crippen molar-refractivity contribution in [2.75, 3.05) is 26.2 Å². The zero-order valence-electron chi connectivity index (χ0n) is 9.42. The summed E-state index contributed by atoms with van der Waals surface area (Å²) in [5.41, 5.74) is 0.987. The van der Waals surface area contributed by atoms with Crippen LogP contribution in [0, 0.1) is 0 Å². The maximum atomic E-state index is 9.10.